The molecule has 20 heavy (non-hydrogen) atoms. The van der Waals surface area contributed by atoms with Crippen LogP contribution in [0.3, 0.4) is 0 Å². The summed E-state index contributed by atoms with van der Waals surface area (Å²) < 4.78 is 0. The maximum atomic E-state index is 4.56. The van der Waals surface area contributed by atoms with Gasteiger partial charge in [-0.3, -0.25) is 9.88 Å². The van der Waals surface area contributed by atoms with Gasteiger partial charge >= 0.3 is 0 Å². The number of aromatic nitrogens is 1. The van der Waals surface area contributed by atoms with E-state index >= 15 is 0 Å². The summed E-state index contributed by atoms with van der Waals surface area (Å²) >= 11 is 0. The molecule has 1 aromatic carbocycles. The van der Waals surface area contributed by atoms with Crippen LogP contribution in [0.2, 0.25) is 0 Å². The van der Waals surface area contributed by atoms with E-state index in [0.29, 0.717) is 0 Å². The normalized spacial score (nSPS) is 18.9. The number of benzene rings is 1. The van der Waals surface area contributed by atoms with Crippen molar-refractivity contribution in [3.63, 3.8) is 0 Å². The van der Waals surface area contributed by atoms with Crippen LogP contribution in [0.25, 0.3) is 0 Å². The van der Waals surface area contributed by atoms with E-state index in [1.54, 1.807) is 0 Å². The highest BCUT2D eigenvalue weighted by Crippen LogP contribution is 2.33. The maximum absolute atomic E-state index is 4.56. The van der Waals surface area contributed by atoms with Crippen molar-refractivity contribution in [1.29, 1.82) is 0 Å². The largest absolute Gasteiger partial charge is 0.299 e. The third-order valence-electron chi connectivity index (χ3n) is 4.49. The van der Waals surface area contributed by atoms with Crippen LogP contribution in [-0.4, -0.2) is 23.0 Å². The van der Waals surface area contributed by atoms with Gasteiger partial charge in [0.2, 0.25) is 0 Å². The molecule has 0 unspecified atom stereocenters. The standard InChI is InChI=1S/C18H22N2/c1-18(17-9-5-6-12-19-17)10-13-20(14-11-18)15-16-7-3-2-4-8-16/h2-9,12H,10-11,13-15H2,1H3. The van der Waals surface area contributed by atoms with Gasteiger partial charge in [0.15, 0.2) is 0 Å². The fourth-order valence-electron chi connectivity index (χ4n) is 3.02. The smallest absolute Gasteiger partial charge is 0.0463 e. The Morgan fingerprint density at radius 3 is 2.35 bits per heavy atom. The monoisotopic (exact) mass is 266 g/mol. The Bertz CT molecular complexity index is 528. The molecular formula is C18H22N2. The molecule has 0 saturated carbocycles. The second-order valence-electron chi connectivity index (χ2n) is 6.04. The number of likely N-dealkylation sites (tertiary alicyclic amines) is 1. The maximum Gasteiger partial charge on any atom is 0.0463 e. The van der Waals surface area contributed by atoms with Crippen molar-refractivity contribution in [3.05, 3.63) is 66.0 Å². The zero-order valence-corrected chi connectivity index (χ0v) is 12.1. The fraction of sp³-hybridized carbons (Fsp3) is 0.389. The van der Waals surface area contributed by atoms with Crippen LogP contribution in [0.5, 0.6) is 0 Å². The van der Waals surface area contributed by atoms with Crippen molar-refractivity contribution in [3.8, 4) is 0 Å². The van der Waals surface area contributed by atoms with Crippen molar-refractivity contribution in [2.24, 2.45) is 0 Å². The Balaban J connectivity index is 1.62. The third-order valence-corrected chi connectivity index (χ3v) is 4.49. The molecule has 104 valence electrons. The molecule has 2 heteroatoms. The van der Waals surface area contributed by atoms with E-state index in [0.717, 1.165) is 19.6 Å². The molecule has 1 fully saturated rings. The Hall–Kier alpha value is -1.67. The minimum atomic E-state index is 0.244. The average Bonchev–Trinajstić information content (AvgIpc) is 2.52. The third kappa shape index (κ3) is 2.91. The highest BCUT2D eigenvalue weighted by Gasteiger charge is 2.32. The molecule has 0 bridgehead atoms. The molecule has 0 spiro atoms. The zero-order valence-electron chi connectivity index (χ0n) is 12.1. The lowest BCUT2D eigenvalue weighted by Gasteiger charge is -2.39. The molecule has 0 amide bonds. The molecule has 0 N–H and O–H groups in total. The van der Waals surface area contributed by atoms with Crippen molar-refractivity contribution in [1.82, 2.24) is 9.88 Å². The van der Waals surface area contributed by atoms with Crippen LogP contribution in [-0.2, 0) is 12.0 Å². The minimum Gasteiger partial charge on any atom is -0.299 e. The second-order valence-corrected chi connectivity index (χ2v) is 6.04. The summed E-state index contributed by atoms with van der Waals surface area (Å²) in [5, 5.41) is 0. The number of rotatable bonds is 3. The van der Waals surface area contributed by atoms with Gasteiger partial charge in [0, 0.05) is 23.9 Å². The first-order valence-electron chi connectivity index (χ1n) is 7.44. The average molecular weight is 266 g/mol. The lowest BCUT2D eigenvalue weighted by molar-refractivity contribution is 0.159. The lowest BCUT2D eigenvalue weighted by Crippen LogP contribution is -2.40. The number of pyridine rings is 1. The molecule has 1 aromatic heterocycles. The van der Waals surface area contributed by atoms with Gasteiger partial charge in [0.25, 0.3) is 0 Å². The van der Waals surface area contributed by atoms with E-state index in [-0.39, 0.29) is 5.41 Å². The Labute approximate surface area is 121 Å². The van der Waals surface area contributed by atoms with E-state index < -0.39 is 0 Å². The summed E-state index contributed by atoms with van der Waals surface area (Å²) in [6, 6.07) is 17.0. The molecule has 2 aromatic rings. The first-order chi connectivity index (χ1) is 9.76. The minimum absolute atomic E-state index is 0.244. The predicted molar refractivity (Wildman–Crippen MR) is 82.5 cm³/mol. The molecule has 1 saturated heterocycles. The van der Waals surface area contributed by atoms with Crippen molar-refractivity contribution in [2.45, 2.75) is 31.7 Å². The predicted octanol–water partition coefficient (Wildman–Crippen LogP) is 3.64. The number of nitrogens with zero attached hydrogens (tertiary/aromatic N) is 2. The summed E-state index contributed by atoms with van der Waals surface area (Å²) in [5.74, 6) is 0. The number of piperidine rings is 1. The summed E-state index contributed by atoms with van der Waals surface area (Å²) in [6.45, 7) is 5.73. The zero-order chi connectivity index (χ0) is 13.8. The van der Waals surface area contributed by atoms with Gasteiger partial charge in [-0.2, -0.15) is 0 Å². The summed E-state index contributed by atoms with van der Waals surface area (Å²) in [6.07, 6.45) is 4.30. The van der Waals surface area contributed by atoms with Gasteiger partial charge in [-0.25, -0.2) is 0 Å². The molecule has 1 aliphatic rings. The van der Waals surface area contributed by atoms with Crippen LogP contribution in [0.4, 0.5) is 0 Å². The van der Waals surface area contributed by atoms with Crippen LogP contribution < -0.4 is 0 Å². The van der Waals surface area contributed by atoms with E-state index in [2.05, 4.69) is 59.3 Å². The second kappa shape index (κ2) is 5.76. The molecule has 2 nitrogen and oxygen atoms in total. The molecule has 2 heterocycles. The van der Waals surface area contributed by atoms with Gasteiger partial charge < -0.3 is 0 Å². The summed E-state index contributed by atoms with van der Waals surface area (Å²) in [5.41, 5.74) is 2.90. The summed E-state index contributed by atoms with van der Waals surface area (Å²) in [7, 11) is 0. The van der Waals surface area contributed by atoms with Crippen LogP contribution >= 0.6 is 0 Å². The molecular weight excluding hydrogens is 244 g/mol. The van der Waals surface area contributed by atoms with Crippen molar-refractivity contribution < 1.29 is 0 Å². The van der Waals surface area contributed by atoms with Crippen LogP contribution in [0, 0.1) is 0 Å². The highest BCUT2D eigenvalue weighted by molar-refractivity contribution is 5.18. The van der Waals surface area contributed by atoms with Crippen LogP contribution in [0.1, 0.15) is 31.0 Å². The Morgan fingerprint density at radius 2 is 1.70 bits per heavy atom. The molecule has 1 aliphatic heterocycles. The topological polar surface area (TPSA) is 16.1 Å². The Kier molecular flexibility index (Phi) is 3.83. The van der Waals surface area contributed by atoms with E-state index in [4.69, 9.17) is 0 Å². The van der Waals surface area contributed by atoms with E-state index in [1.165, 1.54) is 24.1 Å². The first kappa shape index (κ1) is 13.3. The SMILES string of the molecule is CC1(c2ccccn2)CCN(Cc2ccccc2)CC1. The van der Waals surface area contributed by atoms with E-state index in [1.807, 2.05) is 12.3 Å². The van der Waals surface area contributed by atoms with Gasteiger partial charge in [-0.15, -0.1) is 0 Å². The van der Waals surface area contributed by atoms with Crippen molar-refractivity contribution >= 4 is 0 Å². The Morgan fingerprint density at radius 1 is 1.00 bits per heavy atom. The van der Waals surface area contributed by atoms with Gasteiger partial charge in [-0.05, 0) is 43.6 Å². The van der Waals surface area contributed by atoms with Gasteiger partial charge in [0.1, 0.15) is 0 Å². The molecule has 0 atom stereocenters. The van der Waals surface area contributed by atoms with Gasteiger partial charge in [-0.1, -0.05) is 43.3 Å². The van der Waals surface area contributed by atoms with E-state index in [9.17, 15) is 0 Å². The number of hydrogen-bond acceptors (Lipinski definition) is 2. The molecule has 3 rings (SSSR count). The first-order valence-corrected chi connectivity index (χ1v) is 7.44. The van der Waals surface area contributed by atoms with Crippen molar-refractivity contribution in [2.75, 3.05) is 13.1 Å². The molecule has 0 aliphatic carbocycles. The van der Waals surface area contributed by atoms with Gasteiger partial charge in [0.05, 0.1) is 0 Å². The number of hydrogen-bond donors (Lipinski definition) is 0. The highest BCUT2D eigenvalue weighted by atomic mass is 15.1. The molecule has 0 radical (unpaired) electrons. The fourth-order valence-corrected chi connectivity index (χ4v) is 3.02. The van der Waals surface area contributed by atoms with Crippen LogP contribution in [0.15, 0.2) is 54.7 Å². The quantitative estimate of drug-likeness (QED) is 0.843. The lowest BCUT2D eigenvalue weighted by atomic mass is 9.77. The summed E-state index contributed by atoms with van der Waals surface area (Å²) in [4.78, 5) is 7.12.